The molecule has 0 heterocycles. The number of aliphatic hydroxyl groups is 1. The molecule has 0 saturated heterocycles. The number of rotatable bonds is 4. The van der Waals surface area contributed by atoms with Gasteiger partial charge in [-0.2, -0.15) is 0 Å². The van der Waals surface area contributed by atoms with Crippen LogP contribution in [-0.4, -0.2) is 23.4 Å². The number of hydrogen-bond donors (Lipinski definition) is 2. The minimum absolute atomic E-state index is 0.00190. The van der Waals surface area contributed by atoms with E-state index in [0.717, 1.165) is 11.4 Å². The number of nitrogens with zero attached hydrogens (tertiary/aromatic N) is 1. The molecule has 0 aliphatic heterocycles. The Labute approximate surface area is 139 Å². The van der Waals surface area contributed by atoms with Gasteiger partial charge in [-0.1, -0.05) is 41.4 Å². The minimum Gasteiger partial charge on any atom is -0.395 e. The molecule has 0 amide bonds. The second-order valence-electron chi connectivity index (χ2n) is 4.27. The highest BCUT2D eigenvalue weighted by molar-refractivity contribution is 7.80. The molecule has 2 aromatic rings. The zero-order valence-electron chi connectivity index (χ0n) is 11.1. The predicted octanol–water partition coefficient (Wildman–Crippen LogP) is 4.19. The lowest BCUT2D eigenvalue weighted by molar-refractivity contribution is 0.306. The maximum Gasteiger partial charge on any atom is 0.178 e. The van der Waals surface area contributed by atoms with Crippen LogP contribution in [-0.2, 0) is 0 Å². The highest BCUT2D eigenvalue weighted by Crippen LogP contribution is 2.25. The Morgan fingerprint density at radius 1 is 1.10 bits per heavy atom. The van der Waals surface area contributed by atoms with Gasteiger partial charge in [0, 0.05) is 17.9 Å². The fourth-order valence-electron chi connectivity index (χ4n) is 1.82. The lowest BCUT2D eigenvalue weighted by Crippen LogP contribution is -2.36. The van der Waals surface area contributed by atoms with Crippen LogP contribution < -0.4 is 10.2 Å². The summed E-state index contributed by atoms with van der Waals surface area (Å²) in [5, 5.41) is 13.7. The number of hydrogen-bond acceptors (Lipinski definition) is 2. The van der Waals surface area contributed by atoms with Crippen LogP contribution >= 0.6 is 35.4 Å². The first kappa shape index (κ1) is 16.0. The number of aliphatic hydroxyl groups excluding tert-OH is 1. The third kappa shape index (κ3) is 4.32. The van der Waals surface area contributed by atoms with Crippen molar-refractivity contribution < 1.29 is 5.11 Å². The largest absolute Gasteiger partial charge is 0.395 e. The van der Waals surface area contributed by atoms with E-state index in [4.69, 9.17) is 35.4 Å². The smallest absolute Gasteiger partial charge is 0.178 e. The van der Waals surface area contributed by atoms with Crippen molar-refractivity contribution in [2.24, 2.45) is 0 Å². The molecule has 0 saturated carbocycles. The minimum atomic E-state index is -0.00190. The molecule has 0 aromatic heterocycles. The highest BCUT2D eigenvalue weighted by atomic mass is 35.5. The normalized spacial score (nSPS) is 10.2. The molecule has 0 fully saturated rings. The highest BCUT2D eigenvalue weighted by Gasteiger charge is 2.12. The van der Waals surface area contributed by atoms with Gasteiger partial charge in [-0.25, -0.2) is 0 Å². The molecule has 0 aliphatic carbocycles. The van der Waals surface area contributed by atoms with E-state index in [9.17, 15) is 5.11 Å². The third-order valence-electron chi connectivity index (χ3n) is 2.81. The molecule has 0 bridgehead atoms. The average molecular weight is 341 g/mol. The van der Waals surface area contributed by atoms with Crippen molar-refractivity contribution in [1.29, 1.82) is 0 Å². The topological polar surface area (TPSA) is 35.5 Å². The Morgan fingerprint density at radius 3 is 2.43 bits per heavy atom. The first-order valence-electron chi connectivity index (χ1n) is 6.31. The number of benzene rings is 2. The molecule has 110 valence electrons. The van der Waals surface area contributed by atoms with Crippen molar-refractivity contribution in [3.63, 3.8) is 0 Å². The quantitative estimate of drug-likeness (QED) is 0.818. The van der Waals surface area contributed by atoms with E-state index in [2.05, 4.69) is 5.32 Å². The van der Waals surface area contributed by atoms with Gasteiger partial charge in [0.2, 0.25) is 0 Å². The van der Waals surface area contributed by atoms with Crippen LogP contribution in [0.4, 0.5) is 11.4 Å². The summed E-state index contributed by atoms with van der Waals surface area (Å²) in [7, 11) is 0. The molecule has 2 rings (SSSR count). The van der Waals surface area contributed by atoms with Crippen LogP contribution in [0.1, 0.15) is 0 Å². The van der Waals surface area contributed by atoms with Gasteiger partial charge in [-0.15, -0.1) is 0 Å². The molecular formula is C15H14Cl2N2OS. The molecule has 0 spiro atoms. The molecule has 6 heteroatoms. The van der Waals surface area contributed by atoms with Gasteiger partial charge in [0.15, 0.2) is 5.11 Å². The van der Waals surface area contributed by atoms with Gasteiger partial charge >= 0.3 is 0 Å². The molecule has 2 N–H and O–H groups in total. The standard InChI is InChI=1S/C15H14Cl2N2OS/c16-13-7-6-11(10-14(13)17)18-15(21)19(8-9-20)12-4-2-1-3-5-12/h1-7,10,20H,8-9H2,(H,18,21). The summed E-state index contributed by atoms with van der Waals surface area (Å²) in [5.41, 5.74) is 1.65. The van der Waals surface area contributed by atoms with E-state index in [1.54, 1.807) is 18.2 Å². The Kier molecular flexibility index (Phi) is 5.82. The fourth-order valence-corrected chi connectivity index (χ4v) is 2.43. The van der Waals surface area contributed by atoms with Crippen LogP contribution in [0.3, 0.4) is 0 Å². The van der Waals surface area contributed by atoms with Gasteiger partial charge in [-0.05, 0) is 42.5 Å². The molecule has 2 aromatic carbocycles. The SMILES string of the molecule is OCCN(C(=S)Nc1ccc(Cl)c(Cl)c1)c1ccccc1. The van der Waals surface area contributed by atoms with Crippen LogP contribution in [0.2, 0.25) is 10.0 Å². The summed E-state index contributed by atoms with van der Waals surface area (Å²) < 4.78 is 0. The molecule has 21 heavy (non-hydrogen) atoms. The second-order valence-corrected chi connectivity index (χ2v) is 5.47. The Bertz CT molecular complexity index is 622. The molecule has 0 aliphatic rings. The lowest BCUT2D eigenvalue weighted by Gasteiger charge is -2.25. The van der Waals surface area contributed by atoms with Crippen molar-refractivity contribution in [3.8, 4) is 0 Å². The Hall–Kier alpha value is -1.33. The zero-order chi connectivity index (χ0) is 15.2. The van der Waals surface area contributed by atoms with Crippen LogP contribution in [0.25, 0.3) is 0 Å². The van der Waals surface area contributed by atoms with Gasteiger partial charge < -0.3 is 15.3 Å². The first-order chi connectivity index (χ1) is 10.1. The lowest BCUT2D eigenvalue weighted by atomic mass is 10.3. The van der Waals surface area contributed by atoms with Crippen molar-refractivity contribution in [2.45, 2.75) is 0 Å². The van der Waals surface area contributed by atoms with E-state index in [1.807, 2.05) is 35.2 Å². The number of para-hydroxylation sites is 1. The second kappa shape index (κ2) is 7.61. The van der Waals surface area contributed by atoms with Gasteiger partial charge in [0.1, 0.15) is 0 Å². The van der Waals surface area contributed by atoms with Crippen LogP contribution in [0.15, 0.2) is 48.5 Å². The average Bonchev–Trinajstić information content (AvgIpc) is 2.49. The first-order valence-corrected chi connectivity index (χ1v) is 7.47. The van der Waals surface area contributed by atoms with Gasteiger partial charge in [0.25, 0.3) is 0 Å². The number of anilines is 2. The van der Waals surface area contributed by atoms with E-state index in [-0.39, 0.29) is 6.61 Å². The number of nitrogens with one attached hydrogen (secondary N) is 1. The van der Waals surface area contributed by atoms with Crippen LogP contribution in [0.5, 0.6) is 0 Å². The Morgan fingerprint density at radius 2 is 1.81 bits per heavy atom. The molecule has 0 atom stereocenters. The number of halogens is 2. The maximum absolute atomic E-state index is 9.23. The Balaban J connectivity index is 2.17. The van der Waals surface area contributed by atoms with E-state index in [1.165, 1.54) is 0 Å². The summed E-state index contributed by atoms with van der Waals surface area (Å²) >= 11 is 17.3. The fraction of sp³-hybridized carbons (Fsp3) is 0.133. The maximum atomic E-state index is 9.23. The van der Waals surface area contributed by atoms with E-state index in [0.29, 0.717) is 21.7 Å². The molecule has 0 radical (unpaired) electrons. The summed E-state index contributed by atoms with van der Waals surface area (Å²) in [6.45, 7) is 0.398. The zero-order valence-corrected chi connectivity index (χ0v) is 13.4. The van der Waals surface area contributed by atoms with E-state index >= 15 is 0 Å². The predicted molar refractivity (Wildman–Crippen MR) is 93.6 cm³/mol. The van der Waals surface area contributed by atoms with Crippen molar-refractivity contribution in [2.75, 3.05) is 23.4 Å². The van der Waals surface area contributed by atoms with Crippen LogP contribution in [0, 0.1) is 0 Å². The molecular weight excluding hydrogens is 327 g/mol. The van der Waals surface area contributed by atoms with Crippen molar-refractivity contribution >= 4 is 51.9 Å². The van der Waals surface area contributed by atoms with Crippen molar-refractivity contribution in [1.82, 2.24) is 0 Å². The van der Waals surface area contributed by atoms with Crippen molar-refractivity contribution in [3.05, 3.63) is 58.6 Å². The van der Waals surface area contributed by atoms with Gasteiger partial charge in [0.05, 0.1) is 16.7 Å². The monoisotopic (exact) mass is 340 g/mol. The van der Waals surface area contributed by atoms with Gasteiger partial charge in [-0.3, -0.25) is 0 Å². The number of thiocarbonyl (C=S) groups is 1. The molecule has 0 unspecified atom stereocenters. The summed E-state index contributed by atoms with van der Waals surface area (Å²) in [4.78, 5) is 1.82. The molecule has 3 nitrogen and oxygen atoms in total. The third-order valence-corrected chi connectivity index (χ3v) is 3.87. The van der Waals surface area contributed by atoms with E-state index < -0.39 is 0 Å². The summed E-state index contributed by atoms with van der Waals surface area (Å²) in [5.74, 6) is 0. The summed E-state index contributed by atoms with van der Waals surface area (Å²) in [6.07, 6.45) is 0. The summed E-state index contributed by atoms with van der Waals surface area (Å²) in [6, 6.07) is 14.8.